The minimum absolute atomic E-state index is 0.463. The summed E-state index contributed by atoms with van der Waals surface area (Å²) in [6.07, 6.45) is 1.11. The molecule has 0 aliphatic carbocycles. The van der Waals surface area contributed by atoms with Crippen molar-refractivity contribution in [3.8, 4) is 11.5 Å². The number of amides is 1. The smallest absolute Gasteiger partial charge is 0.425 e. The van der Waals surface area contributed by atoms with E-state index in [0.717, 1.165) is 9.92 Å². The van der Waals surface area contributed by atoms with Crippen LogP contribution in [0.2, 0.25) is 0 Å². The number of ether oxygens (including phenoxy) is 3. The lowest BCUT2D eigenvalue weighted by Gasteiger charge is -2.17. The number of hydrogen-bond donors (Lipinski definition) is 2. The Balaban J connectivity index is 2.29. The van der Waals surface area contributed by atoms with E-state index in [9.17, 15) is 4.79 Å². The third-order valence-electron chi connectivity index (χ3n) is 2.82. The molecular formula is C15H17N3O4S. The molecular weight excluding hydrogens is 318 g/mol. The minimum Gasteiger partial charge on any atom is -0.492 e. The number of carbonyl (C=O) groups is 1. The van der Waals surface area contributed by atoms with Crippen LogP contribution in [0.1, 0.15) is 0 Å². The van der Waals surface area contributed by atoms with Gasteiger partial charge in [0.2, 0.25) is 0 Å². The van der Waals surface area contributed by atoms with Gasteiger partial charge < -0.3 is 14.2 Å². The standard InChI is InChI=1S/C15H17N3O4S/c1-20-13-10(17-18-15(19)22-3)7-8-11(14(13)21-2)23-12-6-4-5-9-16-12/h4-9,17H,1-3H3,(H,18,19). The van der Waals surface area contributed by atoms with E-state index in [4.69, 9.17) is 9.47 Å². The first-order valence-electron chi connectivity index (χ1n) is 6.63. The van der Waals surface area contributed by atoms with E-state index < -0.39 is 6.09 Å². The molecule has 1 aromatic heterocycles. The van der Waals surface area contributed by atoms with Gasteiger partial charge in [0.05, 0.1) is 26.2 Å². The largest absolute Gasteiger partial charge is 0.492 e. The summed E-state index contributed by atoms with van der Waals surface area (Å²) < 4.78 is 15.4. The lowest BCUT2D eigenvalue weighted by atomic mass is 10.2. The number of pyridine rings is 1. The van der Waals surface area contributed by atoms with Gasteiger partial charge in [-0.25, -0.2) is 15.2 Å². The first-order chi connectivity index (χ1) is 11.2. The molecule has 8 heteroatoms. The summed E-state index contributed by atoms with van der Waals surface area (Å²) >= 11 is 1.45. The van der Waals surface area contributed by atoms with Crippen molar-refractivity contribution in [3.63, 3.8) is 0 Å². The lowest BCUT2D eigenvalue weighted by molar-refractivity contribution is 0.173. The molecule has 0 aliphatic rings. The van der Waals surface area contributed by atoms with Crippen LogP contribution in [-0.2, 0) is 4.74 Å². The maximum absolute atomic E-state index is 11.2. The molecule has 7 nitrogen and oxygen atoms in total. The van der Waals surface area contributed by atoms with Gasteiger partial charge in [0.25, 0.3) is 0 Å². The van der Waals surface area contributed by atoms with Gasteiger partial charge in [0.15, 0.2) is 11.5 Å². The molecule has 0 saturated heterocycles. The first kappa shape index (κ1) is 16.8. The molecule has 0 bridgehead atoms. The van der Waals surface area contributed by atoms with Gasteiger partial charge in [-0.15, -0.1) is 0 Å². The van der Waals surface area contributed by atoms with Crippen LogP contribution in [-0.4, -0.2) is 32.4 Å². The number of hydrazine groups is 1. The Hall–Kier alpha value is -2.61. The Morgan fingerprint density at radius 3 is 2.48 bits per heavy atom. The highest BCUT2D eigenvalue weighted by Gasteiger charge is 2.17. The van der Waals surface area contributed by atoms with Gasteiger partial charge in [-0.1, -0.05) is 17.8 Å². The zero-order valence-electron chi connectivity index (χ0n) is 13.0. The highest BCUT2D eigenvalue weighted by molar-refractivity contribution is 7.99. The third kappa shape index (κ3) is 4.19. The molecule has 2 N–H and O–H groups in total. The van der Waals surface area contributed by atoms with Gasteiger partial charge in [-0.2, -0.15) is 0 Å². The average molecular weight is 335 g/mol. The van der Waals surface area contributed by atoms with Crippen molar-refractivity contribution in [1.29, 1.82) is 0 Å². The van der Waals surface area contributed by atoms with Gasteiger partial charge in [0, 0.05) is 6.20 Å². The lowest BCUT2D eigenvalue weighted by Crippen LogP contribution is -2.29. The van der Waals surface area contributed by atoms with Gasteiger partial charge in [0.1, 0.15) is 10.7 Å². The molecule has 0 radical (unpaired) electrons. The molecule has 1 aromatic carbocycles. The van der Waals surface area contributed by atoms with Gasteiger partial charge >= 0.3 is 6.09 Å². The summed E-state index contributed by atoms with van der Waals surface area (Å²) in [4.78, 5) is 16.3. The summed E-state index contributed by atoms with van der Waals surface area (Å²) in [5, 5.41) is 0.834. The molecule has 23 heavy (non-hydrogen) atoms. The number of rotatable bonds is 6. The van der Waals surface area contributed by atoms with E-state index in [2.05, 4.69) is 20.6 Å². The number of hydrogen-bond acceptors (Lipinski definition) is 7. The molecule has 0 fully saturated rings. The number of benzene rings is 1. The fraction of sp³-hybridized carbons (Fsp3) is 0.200. The Morgan fingerprint density at radius 1 is 1.09 bits per heavy atom. The van der Waals surface area contributed by atoms with E-state index in [1.165, 1.54) is 26.0 Å². The van der Waals surface area contributed by atoms with Crippen LogP contribution in [0.15, 0.2) is 46.5 Å². The van der Waals surface area contributed by atoms with Crippen LogP contribution in [0.25, 0.3) is 0 Å². The second-order valence-electron chi connectivity index (χ2n) is 4.19. The molecule has 0 atom stereocenters. The topological polar surface area (TPSA) is 81.7 Å². The van der Waals surface area contributed by atoms with Crippen molar-refractivity contribution in [3.05, 3.63) is 36.5 Å². The van der Waals surface area contributed by atoms with Crippen molar-refractivity contribution in [2.45, 2.75) is 9.92 Å². The van der Waals surface area contributed by atoms with Crippen molar-refractivity contribution < 1.29 is 19.0 Å². The molecule has 0 spiro atoms. The minimum atomic E-state index is -0.613. The number of nitrogens with zero attached hydrogens (tertiary/aromatic N) is 1. The third-order valence-corrected chi connectivity index (χ3v) is 3.81. The van der Waals surface area contributed by atoms with E-state index in [1.54, 1.807) is 19.4 Å². The molecule has 122 valence electrons. The van der Waals surface area contributed by atoms with Crippen LogP contribution in [0.5, 0.6) is 11.5 Å². The van der Waals surface area contributed by atoms with E-state index in [1.807, 2.05) is 24.3 Å². The highest BCUT2D eigenvalue weighted by atomic mass is 32.2. The zero-order valence-corrected chi connectivity index (χ0v) is 13.8. The molecule has 2 rings (SSSR count). The number of nitrogens with one attached hydrogen (secondary N) is 2. The Kier molecular flexibility index (Phi) is 5.93. The van der Waals surface area contributed by atoms with Crippen LogP contribution in [0.3, 0.4) is 0 Å². The molecule has 0 unspecified atom stereocenters. The average Bonchev–Trinajstić information content (AvgIpc) is 2.60. The summed E-state index contributed by atoms with van der Waals surface area (Å²) in [6, 6.07) is 9.29. The number of carbonyl (C=O) groups excluding carboxylic acids is 1. The number of aromatic nitrogens is 1. The summed E-state index contributed by atoms with van der Waals surface area (Å²) in [6.45, 7) is 0. The maximum Gasteiger partial charge on any atom is 0.425 e. The van der Waals surface area contributed by atoms with Crippen LogP contribution < -0.4 is 20.3 Å². The van der Waals surface area contributed by atoms with Crippen LogP contribution in [0.4, 0.5) is 10.5 Å². The maximum atomic E-state index is 11.2. The van der Waals surface area contributed by atoms with Crippen molar-refractivity contribution in [2.24, 2.45) is 0 Å². The van der Waals surface area contributed by atoms with Gasteiger partial charge in [-0.05, 0) is 24.3 Å². The Bertz CT molecular complexity index is 667. The SMILES string of the molecule is COC(=O)NNc1ccc(Sc2ccccn2)c(OC)c1OC. The fourth-order valence-electron chi connectivity index (χ4n) is 1.81. The highest BCUT2D eigenvalue weighted by Crippen LogP contribution is 2.44. The molecule has 1 heterocycles. The monoisotopic (exact) mass is 335 g/mol. The second kappa shape index (κ2) is 8.14. The Labute approximate surface area is 138 Å². The second-order valence-corrected chi connectivity index (χ2v) is 5.25. The van der Waals surface area contributed by atoms with Gasteiger partial charge in [-0.3, -0.25) is 5.43 Å². The Morgan fingerprint density at radius 2 is 1.87 bits per heavy atom. The van der Waals surface area contributed by atoms with Crippen molar-refractivity contribution in [1.82, 2.24) is 10.4 Å². The van der Waals surface area contributed by atoms with E-state index in [0.29, 0.717) is 17.2 Å². The van der Waals surface area contributed by atoms with Crippen LogP contribution >= 0.6 is 11.8 Å². The summed E-state index contributed by atoms with van der Waals surface area (Å²) in [5.74, 6) is 1.00. The molecule has 0 saturated carbocycles. The predicted octanol–water partition coefficient (Wildman–Crippen LogP) is 2.93. The van der Waals surface area contributed by atoms with Crippen LogP contribution in [0, 0.1) is 0 Å². The summed E-state index contributed by atoms with van der Waals surface area (Å²) in [5.41, 5.74) is 5.65. The van der Waals surface area contributed by atoms with Crippen molar-refractivity contribution >= 4 is 23.5 Å². The van der Waals surface area contributed by atoms with E-state index >= 15 is 0 Å². The fourth-order valence-corrected chi connectivity index (χ4v) is 2.70. The number of methoxy groups -OCH3 is 3. The molecule has 2 aromatic rings. The summed E-state index contributed by atoms with van der Waals surface area (Å²) in [7, 11) is 4.36. The quantitative estimate of drug-likeness (QED) is 0.785. The zero-order chi connectivity index (χ0) is 16.7. The van der Waals surface area contributed by atoms with E-state index in [-0.39, 0.29) is 0 Å². The van der Waals surface area contributed by atoms with Crippen molar-refractivity contribution in [2.75, 3.05) is 26.8 Å². The number of anilines is 1. The normalized spacial score (nSPS) is 9.87. The molecule has 1 amide bonds. The first-order valence-corrected chi connectivity index (χ1v) is 7.45. The predicted molar refractivity (Wildman–Crippen MR) is 87.1 cm³/mol. The molecule has 0 aliphatic heterocycles.